The highest BCUT2D eigenvalue weighted by Gasteiger charge is 2.40. The zero-order valence-corrected chi connectivity index (χ0v) is 13.7. The molecule has 0 radical (unpaired) electrons. The first-order valence-corrected chi connectivity index (χ1v) is 7.78. The van der Waals surface area contributed by atoms with Gasteiger partial charge in [-0.2, -0.15) is 0 Å². The number of halogens is 1. The predicted molar refractivity (Wildman–Crippen MR) is 92.4 cm³/mol. The number of hydrogen-bond acceptors (Lipinski definition) is 5. The lowest BCUT2D eigenvalue weighted by Crippen LogP contribution is -2.58. The number of carbonyl (C=O) groups excluding carboxylic acids is 3. The van der Waals surface area contributed by atoms with E-state index in [2.05, 4.69) is 15.3 Å². The molecule has 0 saturated carbocycles. The first kappa shape index (κ1) is 16.8. The molecule has 1 N–H and O–H groups in total. The van der Waals surface area contributed by atoms with Gasteiger partial charge in [-0.25, -0.2) is 9.69 Å². The Morgan fingerprint density at radius 2 is 1.92 bits per heavy atom. The number of barbiturate groups is 1. The van der Waals surface area contributed by atoms with Crippen molar-refractivity contribution in [3.05, 3.63) is 59.4 Å². The second kappa shape index (κ2) is 7.23. The maximum Gasteiger partial charge on any atom is 0.335 e. The first-order chi connectivity index (χ1) is 12.1. The van der Waals surface area contributed by atoms with Crippen LogP contribution < -0.4 is 10.2 Å². The number of benzene rings is 1. The molecule has 1 aliphatic heterocycles. The molecular formula is C17H13ClN4O3. The van der Waals surface area contributed by atoms with E-state index in [-0.39, 0.29) is 6.54 Å². The fourth-order valence-corrected chi connectivity index (χ4v) is 2.43. The number of aromatic nitrogens is 1. The molecule has 0 unspecified atom stereocenters. The molecule has 3 rings (SSSR count). The number of urea groups is 1. The van der Waals surface area contributed by atoms with Crippen LogP contribution in [0.4, 0.5) is 10.5 Å². The Hall–Kier alpha value is -3.06. The molecule has 1 aliphatic rings. The van der Waals surface area contributed by atoms with Gasteiger partial charge in [-0.15, -0.1) is 0 Å². The molecule has 0 aliphatic carbocycles. The molecule has 1 aromatic heterocycles. The molecule has 2 aromatic rings. The molecule has 2 heterocycles. The minimum Gasteiger partial charge on any atom is -0.290 e. The quantitative estimate of drug-likeness (QED) is 0.671. The van der Waals surface area contributed by atoms with Crippen molar-refractivity contribution in [2.45, 2.75) is 6.54 Å². The van der Waals surface area contributed by atoms with E-state index >= 15 is 0 Å². The summed E-state index contributed by atoms with van der Waals surface area (Å²) in [6.45, 7) is 0.229. The van der Waals surface area contributed by atoms with Crippen LogP contribution in [0.5, 0.6) is 0 Å². The van der Waals surface area contributed by atoms with Crippen molar-refractivity contribution in [3.63, 3.8) is 0 Å². The number of imide groups is 2. The maximum absolute atomic E-state index is 12.6. The second-order valence-corrected chi connectivity index (χ2v) is 5.67. The fraction of sp³-hybridized carbons (Fsp3) is 0.118. The Balaban J connectivity index is 1.79. The summed E-state index contributed by atoms with van der Waals surface area (Å²) in [5.74, 6) is -2.55. The summed E-state index contributed by atoms with van der Waals surface area (Å²) in [4.78, 5) is 45.7. The van der Waals surface area contributed by atoms with Crippen molar-refractivity contribution in [3.8, 4) is 0 Å². The summed E-state index contributed by atoms with van der Waals surface area (Å²) >= 11 is 5.82. The Labute approximate surface area is 148 Å². The largest absolute Gasteiger partial charge is 0.335 e. The van der Waals surface area contributed by atoms with Crippen molar-refractivity contribution in [1.29, 1.82) is 0 Å². The summed E-state index contributed by atoms with van der Waals surface area (Å²) in [5.41, 5.74) is 1.02. The van der Waals surface area contributed by atoms with Crippen molar-refractivity contribution < 1.29 is 14.4 Å². The highest BCUT2D eigenvalue weighted by atomic mass is 35.5. The summed E-state index contributed by atoms with van der Waals surface area (Å²) in [6.07, 6.45) is 2.87. The van der Waals surface area contributed by atoms with Crippen molar-refractivity contribution in [2.24, 2.45) is 10.9 Å². The second-order valence-electron chi connectivity index (χ2n) is 5.23. The summed E-state index contributed by atoms with van der Waals surface area (Å²) in [5, 5.41) is 2.63. The van der Waals surface area contributed by atoms with Gasteiger partial charge in [-0.05, 0) is 36.4 Å². The van der Waals surface area contributed by atoms with Crippen LogP contribution in [0.3, 0.4) is 0 Å². The number of pyridine rings is 1. The van der Waals surface area contributed by atoms with Gasteiger partial charge in [-0.3, -0.25) is 24.9 Å². The molecule has 8 heteroatoms. The lowest BCUT2D eigenvalue weighted by molar-refractivity contribution is -0.131. The average Bonchev–Trinajstić information content (AvgIpc) is 2.60. The topological polar surface area (TPSA) is 91.7 Å². The molecule has 25 heavy (non-hydrogen) atoms. The van der Waals surface area contributed by atoms with Crippen LogP contribution in [0.25, 0.3) is 0 Å². The van der Waals surface area contributed by atoms with Gasteiger partial charge in [0.1, 0.15) is 0 Å². The SMILES string of the molecule is O=C1NC(=O)N(c2ccc(Cl)cc2)C(=O)[C@H]1C=NCc1ccccn1. The van der Waals surface area contributed by atoms with Crippen LogP contribution in [0.15, 0.2) is 53.7 Å². The number of anilines is 1. The lowest BCUT2D eigenvalue weighted by Gasteiger charge is -2.28. The number of aliphatic imine (C=N–C) groups is 1. The molecule has 1 saturated heterocycles. The summed E-state index contributed by atoms with van der Waals surface area (Å²) in [6, 6.07) is 10.7. The minimum absolute atomic E-state index is 0.229. The van der Waals surface area contributed by atoms with Crippen LogP contribution in [0.2, 0.25) is 5.02 Å². The van der Waals surface area contributed by atoms with E-state index in [1.165, 1.54) is 18.3 Å². The molecule has 1 aromatic carbocycles. The normalized spacial score (nSPS) is 17.9. The number of amides is 4. The highest BCUT2D eigenvalue weighted by molar-refractivity contribution is 6.33. The Kier molecular flexibility index (Phi) is 4.85. The van der Waals surface area contributed by atoms with Gasteiger partial charge in [0, 0.05) is 17.4 Å². The minimum atomic E-state index is -1.18. The van der Waals surface area contributed by atoms with E-state index in [9.17, 15) is 14.4 Å². The molecule has 126 valence electrons. The third-order valence-electron chi connectivity index (χ3n) is 3.52. The summed E-state index contributed by atoms with van der Waals surface area (Å²) in [7, 11) is 0. The Bertz CT molecular complexity index is 837. The third kappa shape index (κ3) is 3.72. The standard InChI is InChI=1S/C17H13ClN4O3/c18-11-4-6-13(7-5-11)22-16(24)14(15(23)21-17(22)25)10-19-9-12-3-1-2-8-20-12/h1-8,10,14H,9H2,(H,21,23,25)/t14-/m0/s1. The monoisotopic (exact) mass is 356 g/mol. The Morgan fingerprint density at radius 1 is 1.16 bits per heavy atom. The number of rotatable bonds is 4. The van der Waals surface area contributed by atoms with Crippen molar-refractivity contribution in [1.82, 2.24) is 10.3 Å². The molecule has 0 bridgehead atoms. The van der Waals surface area contributed by atoms with E-state index in [4.69, 9.17) is 11.6 Å². The van der Waals surface area contributed by atoms with Crippen LogP contribution in [0, 0.1) is 5.92 Å². The lowest BCUT2D eigenvalue weighted by atomic mass is 10.1. The molecule has 7 nitrogen and oxygen atoms in total. The summed E-state index contributed by atoms with van der Waals surface area (Å²) < 4.78 is 0. The number of hydrogen-bond donors (Lipinski definition) is 1. The third-order valence-corrected chi connectivity index (χ3v) is 3.77. The zero-order chi connectivity index (χ0) is 17.8. The van der Waals surface area contributed by atoms with Crippen LogP contribution in [0.1, 0.15) is 5.69 Å². The van der Waals surface area contributed by atoms with E-state index in [0.29, 0.717) is 16.4 Å². The van der Waals surface area contributed by atoms with Gasteiger partial charge < -0.3 is 0 Å². The Morgan fingerprint density at radius 3 is 2.60 bits per heavy atom. The average molecular weight is 357 g/mol. The van der Waals surface area contributed by atoms with Gasteiger partial charge in [0.15, 0.2) is 5.92 Å². The molecular weight excluding hydrogens is 344 g/mol. The number of carbonyl (C=O) groups is 3. The van der Waals surface area contributed by atoms with Gasteiger partial charge >= 0.3 is 6.03 Å². The number of nitrogens with zero attached hydrogens (tertiary/aromatic N) is 3. The molecule has 0 spiro atoms. The smallest absolute Gasteiger partial charge is 0.290 e. The van der Waals surface area contributed by atoms with Crippen LogP contribution in [-0.2, 0) is 16.1 Å². The highest BCUT2D eigenvalue weighted by Crippen LogP contribution is 2.22. The van der Waals surface area contributed by atoms with Crippen molar-refractivity contribution >= 4 is 41.3 Å². The molecule has 1 fully saturated rings. The van der Waals surface area contributed by atoms with Crippen LogP contribution >= 0.6 is 11.6 Å². The van der Waals surface area contributed by atoms with Gasteiger partial charge in [0.25, 0.3) is 5.91 Å². The zero-order valence-electron chi connectivity index (χ0n) is 12.9. The van der Waals surface area contributed by atoms with Crippen molar-refractivity contribution in [2.75, 3.05) is 4.90 Å². The van der Waals surface area contributed by atoms with E-state index in [1.54, 1.807) is 30.5 Å². The van der Waals surface area contributed by atoms with E-state index in [0.717, 1.165) is 4.90 Å². The van der Waals surface area contributed by atoms with Gasteiger partial charge in [0.2, 0.25) is 5.91 Å². The van der Waals surface area contributed by atoms with Gasteiger partial charge in [0.05, 0.1) is 17.9 Å². The van der Waals surface area contributed by atoms with E-state index in [1.807, 2.05) is 6.07 Å². The van der Waals surface area contributed by atoms with Crippen LogP contribution in [-0.4, -0.2) is 29.0 Å². The molecule has 4 amide bonds. The fourth-order valence-electron chi connectivity index (χ4n) is 2.30. The van der Waals surface area contributed by atoms with E-state index < -0.39 is 23.8 Å². The van der Waals surface area contributed by atoms with Gasteiger partial charge in [-0.1, -0.05) is 17.7 Å². The predicted octanol–water partition coefficient (Wildman–Crippen LogP) is 2.21. The molecule has 1 atom stereocenters. The number of nitrogens with one attached hydrogen (secondary N) is 1. The maximum atomic E-state index is 12.6. The first-order valence-electron chi connectivity index (χ1n) is 7.40.